The Morgan fingerprint density at radius 1 is 0.974 bits per heavy atom. The third kappa shape index (κ3) is 8.07. The van der Waals surface area contributed by atoms with E-state index in [2.05, 4.69) is 50.3 Å². The minimum atomic E-state index is -1.23. The van der Waals surface area contributed by atoms with E-state index in [0.717, 1.165) is 58.2 Å². The van der Waals surface area contributed by atoms with Crippen LogP contribution in [0.4, 0.5) is 0 Å². The van der Waals surface area contributed by atoms with Gasteiger partial charge in [0.05, 0.1) is 35.8 Å². The molecular weight excluding hydrogens is 499 g/mol. The maximum atomic E-state index is 12.5. The van der Waals surface area contributed by atoms with Crippen LogP contribution in [0.15, 0.2) is 24.3 Å². The van der Waals surface area contributed by atoms with Gasteiger partial charge in [0, 0.05) is 31.7 Å². The minimum absolute atomic E-state index is 0.159. The maximum absolute atomic E-state index is 12.5. The van der Waals surface area contributed by atoms with Crippen LogP contribution in [-0.2, 0) is 9.05 Å². The molecule has 0 aromatic heterocycles. The summed E-state index contributed by atoms with van der Waals surface area (Å²) in [5, 5.41) is 8.95. The molecule has 2 aliphatic rings. The number of likely N-dealkylation sites (tertiary alicyclic amines) is 1. The molecule has 0 radical (unpaired) electrons. The number of unbranched alkanes of at least 4 members (excludes halogenated alkanes) is 3. The van der Waals surface area contributed by atoms with Gasteiger partial charge in [-0.2, -0.15) is 5.26 Å². The SMILES string of the molecule is CC(C)N(C(C)C)P(OCCC#N)OC1(C)CCN(CCCCCCN2C(=O)c3ccccc3C2=O)CC1. The lowest BCUT2D eigenvalue weighted by atomic mass is 9.94. The van der Waals surface area contributed by atoms with E-state index in [0.29, 0.717) is 42.8 Å². The minimum Gasteiger partial charge on any atom is -0.321 e. The number of carbonyl (C=O) groups is 2. The molecule has 0 saturated carbocycles. The molecule has 1 atom stereocenters. The molecule has 8 nitrogen and oxygen atoms in total. The second kappa shape index (κ2) is 14.5. The first-order chi connectivity index (χ1) is 18.2. The van der Waals surface area contributed by atoms with Crippen molar-refractivity contribution in [3.63, 3.8) is 0 Å². The second-order valence-electron chi connectivity index (χ2n) is 11.2. The molecular formula is C29H45N4O4P. The normalized spacial score (nSPS) is 18.4. The van der Waals surface area contributed by atoms with E-state index < -0.39 is 8.53 Å². The topological polar surface area (TPSA) is 86.1 Å². The summed E-state index contributed by atoms with van der Waals surface area (Å²) < 4.78 is 15.1. The summed E-state index contributed by atoms with van der Waals surface area (Å²) in [6.07, 6.45) is 6.33. The van der Waals surface area contributed by atoms with E-state index in [-0.39, 0.29) is 17.4 Å². The van der Waals surface area contributed by atoms with Gasteiger partial charge >= 0.3 is 0 Å². The standard InChI is InChI=1S/C29H45N4O4P/c1-23(2)33(24(3)4)38(36-22-12-17-30)37-29(5)15-20-31(21-16-29)18-10-6-7-11-19-32-27(34)25-13-8-9-14-26(25)28(32)35/h8-9,13-14,23-24H,6-7,10-12,15-16,18-22H2,1-5H3. The zero-order chi connectivity index (χ0) is 27.7. The van der Waals surface area contributed by atoms with Gasteiger partial charge < -0.3 is 13.9 Å². The Bertz CT molecular complexity index is 929. The van der Waals surface area contributed by atoms with Crippen molar-refractivity contribution in [2.45, 2.75) is 97.2 Å². The first-order valence-electron chi connectivity index (χ1n) is 14.1. The van der Waals surface area contributed by atoms with Crippen molar-refractivity contribution in [1.82, 2.24) is 14.5 Å². The zero-order valence-corrected chi connectivity index (χ0v) is 24.7. The van der Waals surface area contributed by atoms with Crippen LogP contribution >= 0.6 is 8.53 Å². The smallest absolute Gasteiger partial charge is 0.261 e. The Labute approximate surface area is 230 Å². The molecule has 9 heteroatoms. The number of piperidine rings is 1. The monoisotopic (exact) mass is 544 g/mol. The van der Waals surface area contributed by atoms with Gasteiger partial charge in [0.25, 0.3) is 20.3 Å². The van der Waals surface area contributed by atoms with Crippen LogP contribution < -0.4 is 0 Å². The van der Waals surface area contributed by atoms with Crippen LogP contribution in [0.5, 0.6) is 0 Å². The van der Waals surface area contributed by atoms with E-state index in [4.69, 9.17) is 14.3 Å². The van der Waals surface area contributed by atoms with Crippen molar-refractivity contribution in [3.05, 3.63) is 35.4 Å². The predicted molar refractivity (Wildman–Crippen MR) is 151 cm³/mol. The van der Waals surface area contributed by atoms with Crippen molar-refractivity contribution in [2.75, 3.05) is 32.8 Å². The first-order valence-corrected chi connectivity index (χ1v) is 15.2. The third-order valence-electron chi connectivity index (χ3n) is 7.36. The number of amides is 2. The van der Waals surface area contributed by atoms with Gasteiger partial charge in [0.15, 0.2) is 0 Å². The Morgan fingerprint density at radius 2 is 1.53 bits per heavy atom. The fourth-order valence-corrected chi connectivity index (χ4v) is 7.06. The fraction of sp³-hybridized carbons (Fsp3) is 0.690. The number of hydrogen-bond donors (Lipinski definition) is 0. The Morgan fingerprint density at radius 3 is 2.05 bits per heavy atom. The number of hydrogen-bond acceptors (Lipinski definition) is 7. The summed E-state index contributed by atoms with van der Waals surface area (Å²) in [6, 6.07) is 9.83. The molecule has 2 aliphatic heterocycles. The molecule has 2 amide bonds. The molecule has 0 N–H and O–H groups in total. The van der Waals surface area contributed by atoms with Gasteiger partial charge in [-0.15, -0.1) is 0 Å². The molecule has 1 aromatic carbocycles. The lowest BCUT2D eigenvalue weighted by Crippen LogP contribution is -2.45. The van der Waals surface area contributed by atoms with Gasteiger partial charge in [-0.1, -0.05) is 25.0 Å². The highest BCUT2D eigenvalue weighted by atomic mass is 31.2. The van der Waals surface area contributed by atoms with Gasteiger partial charge in [-0.25, -0.2) is 4.67 Å². The molecule has 38 heavy (non-hydrogen) atoms. The molecule has 210 valence electrons. The molecule has 0 bridgehead atoms. The highest BCUT2D eigenvalue weighted by molar-refractivity contribution is 7.44. The quantitative estimate of drug-likeness (QED) is 0.152. The van der Waals surface area contributed by atoms with E-state index in [1.165, 1.54) is 4.90 Å². The molecule has 2 heterocycles. The molecule has 0 spiro atoms. The van der Waals surface area contributed by atoms with E-state index in [9.17, 15) is 9.59 Å². The van der Waals surface area contributed by atoms with Crippen molar-refractivity contribution in [2.24, 2.45) is 0 Å². The Balaban J connectivity index is 1.37. The van der Waals surface area contributed by atoms with Crippen molar-refractivity contribution < 1.29 is 18.6 Å². The van der Waals surface area contributed by atoms with Crippen LogP contribution in [0.2, 0.25) is 0 Å². The Kier molecular flexibility index (Phi) is 11.7. The molecule has 1 saturated heterocycles. The van der Waals surface area contributed by atoms with Crippen molar-refractivity contribution in [3.8, 4) is 6.07 Å². The van der Waals surface area contributed by atoms with Crippen LogP contribution in [0, 0.1) is 11.3 Å². The summed E-state index contributed by atoms with van der Waals surface area (Å²) in [7, 11) is -1.23. The summed E-state index contributed by atoms with van der Waals surface area (Å²) in [4.78, 5) is 28.9. The van der Waals surface area contributed by atoms with E-state index in [1.54, 1.807) is 24.3 Å². The number of nitrogens with zero attached hydrogens (tertiary/aromatic N) is 4. The molecule has 3 rings (SSSR count). The van der Waals surface area contributed by atoms with Crippen LogP contribution in [0.3, 0.4) is 0 Å². The summed E-state index contributed by atoms with van der Waals surface area (Å²) in [5.74, 6) is -0.318. The number of carbonyl (C=O) groups excluding carboxylic acids is 2. The highest BCUT2D eigenvalue weighted by Gasteiger charge is 2.38. The van der Waals surface area contributed by atoms with Gasteiger partial charge in [0.2, 0.25) is 0 Å². The summed E-state index contributed by atoms with van der Waals surface area (Å²) >= 11 is 0. The van der Waals surface area contributed by atoms with E-state index in [1.807, 2.05) is 0 Å². The first kappa shape index (κ1) is 30.7. The van der Waals surface area contributed by atoms with Crippen molar-refractivity contribution >= 4 is 20.3 Å². The van der Waals surface area contributed by atoms with E-state index >= 15 is 0 Å². The second-order valence-corrected chi connectivity index (χ2v) is 12.5. The molecule has 0 aliphatic carbocycles. The largest absolute Gasteiger partial charge is 0.321 e. The van der Waals surface area contributed by atoms with Gasteiger partial charge in [-0.05, 0) is 79.0 Å². The Hall–Kier alpha value is -1.88. The van der Waals surface area contributed by atoms with Crippen LogP contribution in [0.1, 0.15) is 100 Å². The number of fused-ring (bicyclic) bond motifs is 1. The number of nitriles is 1. The van der Waals surface area contributed by atoms with Crippen LogP contribution in [0.25, 0.3) is 0 Å². The molecule has 1 fully saturated rings. The average Bonchev–Trinajstić information content (AvgIpc) is 3.11. The number of benzene rings is 1. The summed E-state index contributed by atoms with van der Waals surface area (Å²) in [6.45, 7) is 14.8. The summed E-state index contributed by atoms with van der Waals surface area (Å²) in [5.41, 5.74) is 0.825. The fourth-order valence-electron chi connectivity index (χ4n) is 5.21. The van der Waals surface area contributed by atoms with Gasteiger partial charge in [0.1, 0.15) is 0 Å². The molecule has 1 aromatic rings. The average molecular weight is 545 g/mol. The number of imide groups is 1. The zero-order valence-electron chi connectivity index (χ0n) is 23.8. The predicted octanol–water partition coefficient (Wildman–Crippen LogP) is 5.99. The lowest BCUT2D eigenvalue weighted by molar-refractivity contribution is 0.00160. The van der Waals surface area contributed by atoms with Crippen LogP contribution in [-0.4, -0.2) is 76.8 Å². The maximum Gasteiger partial charge on any atom is 0.261 e. The molecule has 1 unspecified atom stereocenters. The van der Waals surface area contributed by atoms with Gasteiger partial charge in [-0.3, -0.25) is 14.5 Å². The van der Waals surface area contributed by atoms with Crippen molar-refractivity contribution in [1.29, 1.82) is 5.26 Å². The lowest BCUT2D eigenvalue weighted by Gasteiger charge is -2.44. The highest BCUT2D eigenvalue weighted by Crippen LogP contribution is 2.51. The number of rotatable bonds is 15. The third-order valence-corrected chi connectivity index (χ3v) is 9.66.